The molecule has 1 rings (SSSR count). The monoisotopic (exact) mass is 257 g/mol. The van der Waals surface area contributed by atoms with E-state index in [-0.39, 0.29) is 18.4 Å². The smallest absolute Gasteiger partial charge is 0.350 e. The van der Waals surface area contributed by atoms with Crippen LogP contribution in [-0.2, 0) is 10.0 Å². The highest BCUT2D eigenvalue weighted by Gasteiger charge is 2.43. The zero-order chi connectivity index (χ0) is 12.5. The maximum absolute atomic E-state index is 12.4. The second-order valence-electron chi connectivity index (χ2n) is 4.45. The molecule has 4 nitrogen and oxygen atoms in total. The molecule has 0 saturated carbocycles. The van der Waals surface area contributed by atoms with Crippen LogP contribution in [0.3, 0.4) is 0 Å². The van der Waals surface area contributed by atoms with Gasteiger partial charge in [0.1, 0.15) is 0 Å². The van der Waals surface area contributed by atoms with Crippen molar-refractivity contribution in [1.82, 2.24) is 4.31 Å². The average molecular weight is 257 g/mol. The highest BCUT2D eigenvalue weighted by molar-refractivity contribution is 7.89. The summed E-state index contributed by atoms with van der Waals surface area (Å²) in [5.41, 5.74) is 0. The van der Waals surface area contributed by atoms with Gasteiger partial charge in [-0.15, -0.1) is 0 Å². The van der Waals surface area contributed by atoms with Crippen LogP contribution in [0.25, 0.3) is 0 Å². The van der Waals surface area contributed by atoms with E-state index in [1.807, 2.05) is 13.8 Å². The van der Waals surface area contributed by atoms with E-state index in [9.17, 15) is 17.2 Å². The highest BCUT2D eigenvalue weighted by Crippen LogP contribution is 2.32. The minimum absolute atomic E-state index is 0.0330. The molecule has 1 heterocycles. The fourth-order valence-corrected chi connectivity index (χ4v) is 3.16. The topological polar surface area (TPSA) is 57.6 Å². The van der Waals surface area contributed by atoms with Crippen LogP contribution in [-0.4, -0.2) is 42.8 Å². The molecule has 0 spiro atoms. The summed E-state index contributed by atoms with van der Waals surface area (Å²) in [6.45, 7) is 3.50. The van der Waals surface area contributed by atoms with Gasteiger partial charge in [-0.2, -0.15) is 13.1 Å². The number of alkyl halides is 2. The zero-order valence-electron chi connectivity index (χ0n) is 9.31. The van der Waals surface area contributed by atoms with Crippen LogP contribution in [0.4, 0.5) is 8.78 Å². The van der Waals surface area contributed by atoms with Gasteiger partial charge < -0.3 is 5.11 Å². The molecular formula is C9H17F2NO3S. The Morgan fingerprint density at radius 2 is 2.00 bits per heavy atom. The van der Waals surface area contributed by atoms with Crippen LogP contribution in [0.1, 0.15) is 20.3 Å². The van der Waals surface area contributed by atoms with Crippen molar-refractivity contribution in [2.75, 3.05) is 13.2 Å². The van der Waals surface area contributed by atoms with Gasteiger partial charge in [0, 0.05) is 12.6 Å². The number of halogens is 2. The van der Waals surface area contributed by atoms with Crippen molar-refractivity contribution in [3.05, 3.63) is 0 Å². The Bertz CT molecular complexity index is 332. The van der Waals surface area contributed by atoms with E-state index < -0.39 is 28.4 Å². The number of sulfonamides is 1. The molecule has 0 amide bonds. The molecule has 1 N–H and O–H groups in total. The van der Waals surface area contributed by atoms with E-state index in [0.29, 0.717) is 6.42 Å². The van der Waals surface area contributed by atoms with Crippen molar-refractivity contribution in [3.63, 3.8) is 0 Å². The third kappa shape index (κ3) is 2.52. The first-order valence-corrected chi connectivity index (χ1v) is 6.70. The Morgan fingerprint density at radius 1 is 1.44 bits per heavy atom. The lowest BCUT2D eigenvalue weighted by Crippen LogP contribution is -2.40. The lowest BCUT2D eigenvalue weighted by molar-refractivity contribution is 0.188. The van der Waals surface area contributed by atoms with Crippen LogP contribution in [0.5, 0.6) is 0 Å². The van der Waals surface area contributed by atoms with Crippen molar-refractivity contribution in [2.45, 2.75) is 32.1 Å². The highest BCUT2D eigenvalue weighted by atomic mass is 32.2. The van der Waals surface area contributed by atoms with Crippen LogP contribution < -0.4 is 0 Å². The molecule has 0 aromatic rings. The van der Waals surface area contributed by atoms with E-state index in [4.69, 9.17) is 5.11 Å². The minimum atomic E-state index is -4.56. The molecule has 0 unspecified atom stereocenters. The normalized spacial score (nSPS) is 28.2. The van der Waals surface area contributed by atoms with Gasteiger partial charge in [-0.05, 0) is 18.3 Å². The van der Waals surface area contributed by atoms with Crippen LogP contribution in [0, 0.1) is 11.8 Å². The molecule has 0 aliphatic carbocycles. The molecule has 1 aliphatic rings. The van der Waals surface area contributed by atoms with Gasteiger partial charge in [-0.25, -0.2) is 8.42 Å². The lowest BCUT2D eigenvalue weighted by atomic mass is 9.94. The number of hydrogen-bond donors (Lipinski definition) is 1. The molecule has 0 aromatic carbocycles. The number of nitrogens with zero attached hydrogens (tertiary/aromatic N) is 1. The van der Waals surface area contributed by atoms with E-state index in [1.165, 1.54) is 0 Å². The summed E-state index contributed by atoms with van der Waals surface area (Å²) in [4.78, 5) is 0. The number of rotatable bonds is 4. The van der Waals surface area contributed by atoms with E-state index in [1.54, 1.807) is 0 Å². The molecule has 0 aromatic heterocycles. The van der Waals surface area contributed by atoms with Crippen molar-refractivity contribution in [2.24, 2.45) is 11.8 Å². The molecule has 0 bridgehead atoms. The zero-order valence-corrected chi connectivity index (χ0v) is 10.1. The van der Waals surface area contributed by atoms with Gasteiger partial charge in [0.2, 0.25) is 0 Å². The first-order chi connectivity index (χ1) is 7.30. The van der Waals surface area contributed by atoms with Crippen molar-refractivity contribution >= 4 is 10.0 Å². The van der Waals surface area contributed by atoms with Gasteiger partial charge in [0.25, 0.3) is 10.0 Å². The third-order valence-corrected chi connectivity index (χ3v) is 4.65. The fourth-order valence-electron chi connectivity index (χ4n) is 1.98. The fraction of sp³-hybridized carbons (Fsp3) is 1.00. The first-order valence-electron chi connectivity index (χ1n) is 5.20. The Hall–Kier alpha value is -0.270. The standard InChI is InChI=1S/C9H17F2NO3S/c1-6(2)7-3-8(5-13)12(4-7)16(14,15)9(10)11/h6-9,13H,3-5H2,1-2H3/t7-,8-/m0/s1. The summed E-state index contributed by atoms with van der Waals surface area (Å²) in [5.74, 6) is -3.16. The van der Waals surface area contributed by atoms with Gasteiger partial charge >= 0.3 is 5.76 Å². The molecule has 1 aliphatic heterocycles. The third-order valence-electron chi connectivity index (χ3n) is 3.10. The summed E-state index contributed by atoms with van der Waals surface area (Å²) in [6.07, 6.45) is 0.445. The summed E-state index contributed by atoms with van der Waals surface area (Å²) in [5, 5.41) is 9.03. The molecule has 16 heavy (non-hydrogen) atoms. The van der Waals surface area contributed by atoms with Crippen molar-refractivity contribution in [1.29, 1.82) is 0 Å². The largest absolute Gasteiger partial charge is 0.395 e. The van der Waals surface area contributed by atoms with Crippen LogP contribution in [0.15, 0.2) is 0 Å². The Kier molecular flexibility index (Phi) is 4.25. The van der Waals surface area contributed by atoms with Crippen molar-refractivity contribution in [3.8, 4) is 0 Å². The van der Waals surface area contributed by atoms with Gasteiger partial charge in [0.05, 0.1) is 6.61 Å². The molecule has 7 heteroatoms. The molecule has 2 atom stereocenters. The summed E-state index contributed by atoms with van der Waals surface area (Å²) in [6, 6.07) is -0.702. The predicted molar refractivity (Wildman–Crippen MR) is 55.4 cm³/mol. The Labute approximate surface area is 94.3 Å². The quantitative estimate of drug-likeness (QED) is 0.813. The van der Waals surface area contributed by atoms with E-state index >= 15 is 0 Å². The van der Waals surface area contributed by atoms with Gasteiger partial charge in [-0.1, -0.05) is 13.8 Å². The number of aliphatic hydroxyl groups is 1. The van der Waals surface area contributed by atoms with Crippen molar-refractivity contribution < 1.29 is 22.3 Å². The van der Waals surface area contributed by atoms with Crippen LogP contribution in [0.2, 0.25) is 0 Å². The van der Waals surface area contributed by atoms with Crippen LogP contribution >= 0.6 is 0 Å². The molecule has 1 fully saturated rings. The summed E-state index contributed by atoms with van der Waals surface area (Å²) >= 11 is 0. The second kappa shape index (κ2) is 4.93. The molecule has 96 valence electrons. The minimum Gasteiger partial charge on any atom is -0.395 e. The van der Waals surface area contributed by atoms with Gasteiger partial charge in [0.15, 0.2) is 0 Å². The Morgan fingerprint density at radius 3 is 2.38 bits per heavy atom. The maximum atomic E-state index is 12.4. The van der Waals surface area contributed by atoms with Gasteiger partial charge in [-0.3, -0.25) is 0 Å². The number of hydrogen-bond acceptors (Lipinski definition) is 3. The van der Waals surface area contributed by atoms with E-state index in [0.717, 1.165) is 4.31 Å². The predicted octanol–water partition coefficient (Wildman–Crippen LogP) is 0.878. The Balaban J connectivity index is 2.89. The summed E-state index contributed by atoms with van der Waals surface area (Å²) in [7, 11) is -4.56. The lowest BCUT2D eigenvalue weighted by Gasteiger charge is -2.21. The van der Waals surface area contributed by atoms with E-state index in [2.05, 4.69) is 0 Å². The maximum Gasteiger partial charge on any atom is 0.350 e. The summed E-state index contributed by atoms with van der Waals surface area (Å²) < 4.78 is 48.2. The number of aliphatic hydroxyl groups excluding tert-OH is 1. The molecular weight excluding hydrogens is 240 g/mol. The molecule has 0 radical (unpaired) electrons. The second-order valence-corrected chi connectivity index (χ2v) is 6.31. The SMILES string of the molecule is CC(C)[C@H]1C[C@@H](CO)N(S(=O)(=O)C(F)F)C1. The average Bonchev–Trinajstić information content (AvgIpc) is 2.61. The first kappa shape index (κ1) is 13.8. The molecule has 1 saturated heterocycles.